The summed E-state index contributed by atoms with van der Waals surface area (Å²) in [6.07, 6.45) is 3.37. The van der Waals surface area contributed by atoms with Crippen LogP contribution in [0.4, 0.5) is 0 Å². The van der Waals surface area contributed by atoms with E-state index in [1.807, 2.05) is 25.1 Å². The van der Waals surface area contributed by atoms with Crippen molar-refractivity contribution >= 4 is 12.0 Å². The topological polar surface area (TPSA) is 38.3 Å². The van der Waals surface area contributed by atoms with Crippen LogP contribution in [-0.4, -0.2) is 25.7 Å². The molecule has 3 nitrogen and oxygen atoms in total. The lowest BCUT2D eigenvalue weighted by Crippen LogP contribution is -2.34. The second kappa shape index (κ2) is 7.25. The summed E-state index contributed by atoms with van der Waals surface area (Å²) in [7, 11) is 1.62. The third-order valence-electron chi connectivity index (χ3n) is 3.01. The van der Waals surface area contributed by atoms with Gasteiger partial charge in [0.15, 0.2) is 0 Å². The monoisotopic (exact) mass is 275 g/mol. The molecule has 1 atom stereocenters. The lowest BCUT2D eigenvalue weighted by molar-refractivity contribution is -0.117. The molecule has 0 radical (unpaired) electrons. The van der Waals surface area contributed by atoms with E-state index in [1.54, 1.807) is 13.2 Å². The van der Waals surface area contributed by atoms with Gasteiger partial charge in [-0.1, -0.05) is 45.0 Å². The van der Waals surface area contributed by atoms with E-state index in [0.717, 1.165) is 5.56 Å². The van der Waals surface area contributed by atoms with E-state index in [1.165, 1.54) is 5.56 Å². The molecule has 1 amide bonds. The van der Waals surface area contributed by atoms with Crippen LogP contribution in [0.3, 0.4) is 0 Å². The van der Waals surface area contributed by atoms with Crippen LogP contribution in [0.25, 0.3) is 6.08 Å². The van der Waals surface area contributed by atoms with Gasteiger partial charge >= 0.3 is 0 Å². The molecule has 1 aromatic carbocycles. The van der Waals surface area contributed by atoms with Gasteiger partial charge in [-0.05, 0) is 29.5 Å². The van der Waals surface area contributed by atoms with E-state index in [2.05, 4.69) is 38.2 Å². The molecule has 0 aliphatic heterocycles. The number of amides is 1. The molecular formula is C17H25NO2. The zero-order valence-corrected chi connectivity index (χ0v) is 13.1. The van der Waals surface area contributed by atoms with Crippen molar-refractivity contribution in [2.75, 3.05) is 13.7 Å². The van der Waals surface area contributed by atoms with Crippen LogP contribution in [0.15, 0.2) is 30.3 Å². The average molecular weight is 275 g/mol. The first-order valence-electron chi connectivity index (χ1n) is 6.91. The van der Waals surface area contributed by atoms with E-state index >= 15 is 0 Å². The van der Waals surface area contributed by atoms with Crippen molar-refractivity contribution in [1.29, 1.82) is 0 Å². The standard InChI is InChI=1S/C17H25NO2/c1-13(12-20-5)18-16(19)11-8-14-6-9-15(10-7-14)17(2,3)4/h6-11,13H,12H2,1-5H3,(H,18,19)/b11-8+/t13-/m0/s1. The highest BCUT2D eigenvalue weighted by atomic mass is 16.5. The maximum Gasteiger partial charge on any atom is 0.244 e. The van der Waals surface area contributed by atoms with Crippen LogP contribution in [0.1, 0.15) is 38.8 Å². The van der Waals surface area contributed by atoms with Crippen molar-refractivity contribution < 1.29 is 9.53 Å². The predicted octanol–water partition coefficient (Wildman–Crippen LogP) is 3.15. The summed E-state index contributed by atoms with van der Waals surface area (Å²) >= 11 is 0. The molecule has 3 heteroatoms. The van der Waals surface area contributed by atoms with Gasteiger partial charge in [-0.3, -0.25) is 4.79 Å². The number of hydrogen-bond donors (Lipinski definition) is 1. The Labute approximate surface area is 122 Å². The maximum absolute atomic E-state index is 11.7. The minimum Gasteiger partial charge on any atom is -0.383 e. The Kier molecular flexibility index (Phi) is 5.96. The molecule has 0 aliphatic rings. The minimum absolute atomic E-state index is 0.0143. The van der Waals surface area contributed by atoms with Gasteiger partial charge < -0.3 is 10.1 Å². The normalized spacial score (nSPS) is 13.4. The van der Waals surface area contributed by atoms with Gasteiger partial charge in [0.05, 0.1) is 6.61 Å². The Bertz CT molecular complexity index is 455. The highest BCUT2D eigenvalue weighted by Crippen LogP contribution is 2.22. The molecule has 0 spiro atoms. The molecule has 0 aliphatic carbocycles. The van der Waals surface area contributed by atoms with Gasteiger partial charge in [0.25, 0.3) is 0 Å². The molecule has 110 valence electrons. The number of carbonyl (C=O) groups is 1. The Balaban J connectivity index is 2.60. The average Bonchev–Trinajstić information content (AvgIpc) is 2.36. The van der Waals surface area contributed by atoms with Gasteiger partial charge in [-0.15, -0.1) is 0 Å². The highest BCUT2D eigenvalue weighted by molar-refractivity contribution is 5.91. The smallest absolute Gasteiger partial charge is 0.244 e. The first kappa shape index (κ1) is 16.4. The van der Waals surface area contributed by atoms with E-state index < -0.39 is 0 Å². The van der Waals surface area contributed by atoms with Crippen molar-refractivity contribution in [2.24, 2.45) is 0 Å². The van der Waals surface area contributed by atoms with E-state index in [9.17, 15) is 4.79 Å². The molecule has 0 aromatic heterocycles. The van der Waals surface area contributed by atoms with Gasteiger partial charge in [0.2, 0.25) is 5.91 Å². The van der Waals surface area contributed by atoms with Crippen molar-refractivity contribution in [2.45, 2.75) is 39.2 Å². The van der Waals surface area contributed by atoms with Crippen LogP contribution >= 0.6 is 0 Å². The lowest BCUT2D eigenvalue weighted by Gasteiger charge is -2.18. The SMILES string of the molecule is COC[C@H](C)NC(=O)/C=C/c1ccc(C(C)(C)C)cc1. The maximum atomic E-state index is 11.7. The quantitative estimate of drug-likeness (QED) is 0.838. The highest BCUT2D eigenvalue weighted by Gasteiger charge is 2.12. The molecular weight excluding hydrogens is 250 g/mol. The predicted molar refractivity (Wildman–Crippen MR) is 83.7 cm³/mol. The van der Waals surface area contributed by atoms with E-state index in [0.29, 0.717) is 6.61 Å². The Morgan fingerprint density at radius 1 is 1.30 bits per heavy atom. The molecule has 1 N–H and O–H groups in total. The second-order valence-electron chi connectivity index (χ2n) is 6.07. The summed E-state index contributed by atoms with van der Waals surface area (Å²) in [6.45, 7) is 8.97. The summed E-state index contributed by atoms with van der Waals surface area (Å²) in [5.41, 5.74) is 2.45. The van der Waals surface area contributed by atoms with E-state index in [4.69, 9.17) is 4.74 Å². The third kappa shape index (κ3) is 5.57. The van der Waals surface area contributed by atoms with Gasteiger partial charge in [-0.25, -0.2) is 0 Å². The number of hydrogen-bond acceptors (Lipinski definition) is 2. The Morgan fingerprint density at radius 3 is 2.40 bits per heavy atom. The van der Waals surface area contributed by atoms with E-state index in [-0.39, 0.29) is 17.4 Å². The zero-order valence-electron chi connectivity index (χ0n) is 13.1. The molecule has 0 heterocycles. The fourth-order valence-corrected chi connectivity index (χ4v) is 1.85. The van der Waals surface area contributed by atoms with Crippen LogP contribution in [0.2, 0.25) is 0 Å². The summed E-state index contributed by atoms with van der Waals surface area (Å²) in [6, 6.07) is 8.28. The van der Waals surface area contributed by atoms with Crippen LogP contribution in [0.5, 0.6) is 0 Å². The molecule has 0 saturated carbocycles. The minimum atomic E-state index is -0.102. The van der Waals surface area contributed by atoms with Crippen molar-refractivity contribution in [3.63, 3.8) is 0 Å². The molecule has 20 heavy (non-hydrogen) atoms. The number of methoxy groups -OCH3 is 1. The summed E-state index contributed by atoms with van der Waals surface area (Å²) in [5, 5.41) is 2.84. The zero-order chi connectivity index (χ0) is 15.2. The van der Waals surface area contributed by atoms with Gasteiger partial charge in [0.1, 0.15) is 0 Å². The first-order valence-corrected chi connectivity index (χ1v) is 6.91. The molecule has 0 bridgehead atoms. The van der Waals surface area contributed by atoms with Crippen LogP contribution in [-0.2, 0) is 14.9 Å². The van der Waals surface area contributed by atoms with Gasteiger partial charge in [0, 0.05) is 19.2 Å². The molecule has 0 fully saturated rings. The second-order valence-corrected chi connectivity index (χ2v) is 6.07. The lowest BCUT2D eigenvalue weighted by atomic mass is 9.87. The number of ether oxygens (including phenoxy) is 1. The van der Waals surface area contributed by atoms with Crippen LogP contribution in [0, 0.1) is 0 Å². The summed E-state index contributed by atoms with van der Waals surface area (Å²) < 4.78 is 4.97. The molecule has 0 unspecified atom stereocenters. The molecule has 1 aromatic rings. The summed E-state index contributed by atoms with van der Waals surface area (Å²) in [5.74, 6) is -0.102. The Hall–Kier alpha value is -1.61. The van der Waals surface area contributed by atoms with Gasteiger partial charge in [-0.2, -0.15) is 0 Å². The fourth-order valence-electron chi connectivity index (χ4n) is 1.85. The summed E-state index contributed by atoms with van der Waals surface area (Å²) in [4.78, 5) is 11.7. The molecule has 0 saturated heterocycles. The third-order valence-corrected chi connectivity index (χ3v) is 3.01. The first-order chi connectivity index (χ1) is 9.32. The number of benzene rings is 1. The van der Waals surface area contributed by atoms with Crippen molar-refractivity contribution in [3.05, 3.63) is 41.5 Å². The number of nitrogens with one attached hydrogen (secondary N) is 1. The fraction of sp³-hybridized carbons (Fsp3) is 0.471. The van der Waals surface area contributed by atoms with Crippen molar-refractivity contribution in [3.8, 4) is 0 Å². The Morgan fingerprint density at radius 2 is 1.90 bits per heavy atom. The largest absolute Gasteiger partial charge is 0.383 e. The van der Waals surface area contributed by atoms with Crippen molar-refractivity contribution in [1.82, 2.24) is 5.32 Å². The number of carbonyl (C=O) groups excluding carboxylic acids is 1. The molecule has 1 rings (SSSR count). The van der Waals surface area contributed by atoms with Crippen LogP contribution < -0.4 is 5.32 Å². The number of rotatable bonds is 5.